The van der Waals surface area contributed by atoms with E-state index in [0.717, 1.165) is 5.69 Å². The number of ether oxygens (including phenoxy) is 1. The van der Waals surface area contributed by atoms with Gasteiger partial charge in [-0.05, 0) is 31.0 Å². The highest BCUT2D eigenvalue weighted by atomic mass is 16.5. The molecule has 5 N–H and O–H groups in total. The van der Waals surface area contributed by atoms with Crippen molar-refractivity contribution in [3.05, 3.63) is 23.8 Å². The van der Waals surface area contributed by atoms with Crippen molar-refractivity contribution in [1.29, 1.82) is 0 Å². The van der Waals surface area contributed by atoms with E-state index in [1.807, 2.05) is 13.0 Å². The van der Waals surface area contributed by atoms with Gasteiger partial charge in [-0.25, -0.2) is 0 Å². The van der Waals surface area contributed by atoms with Crippen LogP contribution in [0.5, 0.6) is 0 Å². The second-order valence-corrected chi connectivity index (χ2v) is 4.82. The van der Waals surface area contributed by atoms with Crippen LogP contribution < -0.4 is 16.8 Å². The molecule has 0 saturated heterocycles. The first-order valence-electron chi connectivity index (χ1n) is 6.49. The smallest absolute Gasteiger partial charge is 0.250 e. The Morgan fingerprint density at radius 2 is 2.11 bits per heavy atom. The number of hydrogen-bond donors (Lipinski definition) is 3. The van der Waals surface area contributed by atoms with E-state index in [4.69, 9.17) is 16.2 Å². The number of carbonyl (C=O) groups excluding carboxylic acids is 1. The van der Waals surface area contributed by atoms with Gasteiger partial charge in [-0.2, -0.15) is 0 Å². The molecule has 0 bridgehead atoms. The van der Waals surface area contributed by atoms with Crippen LogP contribution in [0.2, 0.25) is 0 Å². The number of carbonyl (C=O) groups is 1. The Bertz CT molecular complexity index is 433. The molecule has 0 saturated carbocycles. The number of amides is 1. The van der Waals surface area contributed by atoms with E-state index >= 15 is 0 Å². The Balaban J connectivity index is 2.84. The lowest BCUT2D eigenvalue weighted by molar-refractivity contribution is 0.100. The minimum atomic E-state index is -0.521. The number of nitrogens with two attached hydrogens (primary N) is 2. The van der Waals surface area contributed by atoms with E-state index in [2.05, 4.69) is 19.2 Å². The van der Waals surface area contributed by atoms with Gasteiger partial charge in [-0.3, -0.25) is 4.79 Å². The monoisotopic (exact) mass is 265 g/mol. The Labute approximate surface area is 114 Å². The lowest BCUT2D eigenvalue weighted by Gasteiger charge is -2.23. The first-order valence-corrected chi connectivity index (χ1v) is 6.49. The van der Waals surface area contributed by atoms with E-state index in [1.165, 1.54) is 0 Å². The standard InChI is InChI=1S/C14H23N3O2/c1-4-19-8-13(9(2)3)17-10-5-6-12(15)11(7-10)14(16)18/h5-7,9,13,17H,4,8,15H2,1-3H3,(H2,16,18). The molecule has 5 nitrogen and oxygen atoms in total. The Hall–Kier alpha value is -1.75. The van der Waals surface area contributed by atoms with Gasteiger partial charge >= 0.3 is 0 Å². The molecule has 0 radical (unpaired) electrons. The van der Waals surface area contributed by atoms with Crippen molar-refractivity contribution < 1.29 is 9.53 Å². The molecule has 19 heavy (non-hydrogen) atoms. The first-order chi connectivity index (χ1) is 8.95. The number of hydrogen-bond acceptors (Lipinski definition) is 4. The molecule has 0 aliphatic heterocycles. The summed E-state index contributed by atoms with van der Waals surface area (Å²) in [7, 11) is 0. The van der Waals surface area contributed by atoms with Crippen LogP contribution >= 0.6 is 0 Å². The van der Waals surface area contributed by atoms with Crippen molar-refractivity contribution in [1.82, 2.24) is 0 Å². The predicted octanol–water partition coefficient (Wildman–Crippen LogP) is 1.84. The van der Waals surface area contributed by atoms with Gasteiger partial charge in [0.05, 0.1) is 18.2 Å². The second kappa shape index (κ2) is 6.99. The van der Waals surface area contributed by atoms with E-state index in [9.17, 15) is 4.79 Å². The van der Waals surface area contributed by atoms with Crippen molar-refractivity contribution in [3.8, 4) is 0 Å². The Kier molecular flexibility index (Phi) is 5.63. The number of benzene rings is 1. The lowest BCUT2D eigenvalue weighted by atomic mass is 10.0. The summed E-state index contributed by atoms with van der Waals surface area (Å²) in [5.41, 5.74) is 12.5. The molecule has 5 heteroatoms. The summed E-state index contributed by atoms with van der Waals surface area (Å²) in [5, 5.41) is 3.35. The van der Waals surface area contributed by atoms with Gasteiger partial charge in [0.2, 0.25) is 0 Å². The minimum Gasteiger partial charge on any atom is -0.398 e. The molecule has 0 heterocycles. The van der Waals surface area contributed by atoms with E-state index in [1.54, 1.807) is 12.1 Å². The quantitative estimate of drug-likeness (QED) is 0.656. The molecule has 0 aliphatic carbocycles. The largest absolute Gasteiger partial charge is 0.398 e. The van der Waals surface area contributed by atoms with Gasteiger partial charge in [-0.15, -0.1) is 0 Å². The fourth-order valence-corrected chi connectivity index (χ4v) is 1.72. The Morgan fingerprint density at radius 3 is 2.63 bits per heavy atom. The molecule has 1 rings (SSSR count). The van der Waals surface area contributed by atoms with Crippen molar-refractivity contribution in [2.45, 2.75) is 26.8 Å². The molecule has 1 unspecified atom stereocenters. The third-order valence-corrected chi connectivity index (χ3v) is 2.98. The average molecular weight is 265 g/mol. The summed E-state index contributed by atoms with van der Waals surface area (Å²) >= 11 is 0. The molecule has 1 atom stereocenters. The molecule has 1 amide bonds. The molecule has 0 aromatic heterocycles. The number of nitrogen functional groups attached to an aromatic ring is 1. The summed E-state index contributed by atoms with van der Waals surface area (Å²) in [4.78, 5) is 11.3. The second-order valence-electron chi connectivity index (χ2n) is 4.82. The van der Waals surface area contributed by atoms with Gasteiger partial charge in [0.15, 0.2) is 0 Å². The van der Waals surface area contributed by atoms with Gasteiger partial charge < -0.3 is 21.5 Å². The van der Waals surface area contributed by atoms with Gasteiger partial charge in [0, 0.05) is 18.0 Å². The van der Waals surface area contributed by atoms with Crippen molar-refractivity contribution in [2.75, 3.05) is 24.3 Å². The van der Waals surface area contributed by atoms with Crippen LogP contribution in [-0.2, 0) is 4.74 Å². The van der Waals surface area contributed by atoms with Crippen LogP contribution in [0.25, 0.3) is 0 Å². The number of anilines is 2. The Morgan fingerprint density at radius 1 is 1.42 bits per heavy atom. The molecule has 0 aliphatic rings. The zero-order valence-electron chi connectivity index (χ0n) is 11.8. The van der Waals surface area contributed by atoms with E-state index in [0.29, 0.717) is 30.4 Å². The number of rotatable bonds is 7. The van der Waals surface area contributed by atoms with Crippen LogP contribution in [0.15, 0.2) is 18.2 Å². The average Bonchev–Trinajstić information content (AvgIpc) is 2.35. The van der Waals surface area contributed by atoms with Crippen LogP contribution in [0.1, 0.15) is 31.1 Å². The molecule has 106 valence electrons. The fourth-order valence-electron chi connectivity index (χ4n) is 1.72. The maximum absolute atomic E-state index is 11.3. The first kappa shape index (κ1) is 15.3. The normalized spacial score (nSPS) is 12.4. The van der Waals surface area contributed by atoms with E-state index in [-0.39, 0.29) is 6.04 Å². The van der Waals surface area contributed by atoms with E-state index < -0.39 is 5.91 Å². The lowest BCUT2D eigenvalue weighted by Crippen LogP contribution is -2.31. The maximum Gasteiger partial charge on any atom is 0.250 e. The highest BCUT2D eigenvalue weighted by molar-refractivity contribution is 5.98. The van der Waals surface area contributed by atoms with Gasteiger partial charge in [0.25, 0.3) is 5.91 Å². The zero-order valence-corrected chi connectivity index (χ0v) is 11.8. The van der Waals surface area contributed by atoms with Gasteiger partial charge in [0.1, 0.15) is 0 Å². The van der Waals surface area contributed by atoms with Crippen LogP contribution in [0, 0.1) is 5.92 Å². The molecular weight excluding hydrogens is 242 g/mol. The molecular formula is C14H23N3O2. The molecule has 0 spiro atoms. The van der Waals surface area contributed by atoms with Crippen LogP contribution in [0.4, 0.5) is 11.4 Å². The highest BCUT2D eigenvalue weighted by Crippen LogP contribution is 2.19. The molecule has 1 aromatic carbocycles. The fraction of sp³-hybridized carbons (Fsp3) is 0.500. The predicted molar refractivity (Wildman–Crippen MR) is 78.1 cm³/mol. The van der Waals surface area contributed by atoms with Crippen LogP contribution in [-0.4, -0.2) is 25.2 Å². The summed E-state index contributed by atoms with van der Waals surface area (Å²) < 4.78 is 5.45. The van der Waals surface area contributed by atoms with Crippen LogP contribution in [0.3, 0.4) is 0 Å². The highest BCUT2D eigenvalue weighted by Gasteiger charge is 2.14. The summed E-state index contributed by atoms with van der Waals surface area (Å²) in [6.07, 6.45) is 0. The topological polar surface area (TPSA) is 90.4 Å². The number of primary amides is 1. The zero-order chi connectivity index (χ0) is 14.4. The minimum absolute atomic E-state index is 0.171. The molecule has 1 aromatic rings. The maximum atomic E-state index is 11.3. The third-order valence-electron chi connectivity index (χ3n) is 2.98. The van der Waals surface area contributed by atoms with Crippen molar-refractivity contribution >= 4 is 17.3 Å². The summed E-state index contributed by atoms with van der Waals surface area (Å²) in [5.74, 6) is -0.117. The summed E-state index contributed by atoms with van der Waals surface area (Å²) in [6.45, 7) is 7.49. The number of nitrogens with one attached hydrogen (secondary N) is 1. The van der Waals surface area contributed by atoms with Crippen molar-refractivity contribution in [3.63, 3.8) is 0 Å². The van der Waals surface area contributed by atoms with Crippen molar-refractivity contribution in [2.24, 2.45) is 11.7 Å². The SMILES string of the molecule is CCOCC(Nc1ccc(N)c(C(N)=O)c1)C(C)C. The van der Waals surface area contributed by atoms with Gasteiger partial charge in [-0.1, -0.05) is 13.8 Å². The molecule has 0 fully saturated rings. The summed E-state index contributed by atoms with van der Waals surface area (Å²) in [6, 6.07) is 5.37. The third kappa shape index (κ3) is 4.44.